The molecule has 0 spiro atoms. The first-order valence-corrected chi connectivity index (χ1v) is 24.0. The first kappa shape index (κ1) is 37.7. The third kappa shape index (κ3) is 7.65. The molecule has 0 saturated carbocycles. The predicted molar refractivity (Wildman–Crippen MR) is 243 cm³/mol. The topological polar surface area (TPSA) is 9.72 Å². The number of unbranched alkanes of at least 4 members (excludes halogenated alkanes) is 3. The predicted octanol–water partition coefficient (Wildman–Crippen LogP) is 11.9. The monoisotopic (exact) mass is 793 g/mol. The Bertz CT molecular complexity index is 1990. The van der Waals surface area contributed by atoms with Crippen LogP contribution >= 0.6 is 20.8 Å². The molecule has 6 aromatic carbocycles. The van der Waals surface area contributed by atoms with Crippen LogP contribution < -0.4 is 30.6 Å². The maximum atomic E-state index is 4.68. The van der Waals surface area contributed by atoms with Gasteiger partial charge in [-0.3, -0.25) is 0 Å². The molecular weight excluding hydrogens is 741 g/mol. The van der Waals surface area contributed by atoms with Crippen molar-refractivity contribution in [2.75, 3.05) is 41.0 Å². The number of nitrogens with zero attached hydrogens (tertiary/aromatic N) is 3. The summed E-state index contributed by atoms with van der Waals surface area (Å²) in [7, 11) is 2.23. The second kappa shape index (κ2) is 17.2. The van der Waals surface area contributed by atoms with E-state index in [4.69, 9.17) is 0 Å². The van der Waals surface area contributed by atoms with Gasteiger partial charge in [0.1, 0.15) is 0 Å². The Morgan fingerprint density at radius 2 is 1.07 bits per heavy atom. The van der Waals surface area contributed by atoms with E-state index in [1.165, 1.54) is 69.9 Å². The van der Waals surface area contributed by atoms with Crippen LogP contribution in [0.25, 0.3) is 6.08 Å². The maximum absolute atomic E-state index is 4.68. The Labute approximate surface area is 331 Å². The molecule has 3 nitrogen and oxygen atoms in total. The van der Waals surface area contributed by atoms with Crippen LogP contribution in [-0.4, -0.2) is 32.5 Å². The van der Waals surface area contributed by atoms with Gasteiger partial charge < -0.3 is 0 Å². The number of hydrogen-bond acceptors (Lipinski definition) is 3. The van der Waals surface area contributed by atoms with Crippen molar-refractivity contribution in [2.24, 2.45) is 0 Å². The Balaban J connectivity index is 1.16. The summed E-state index contributed by atoms with van der Waals surface area (Å²) in [6, 6.07) is 62.3. The fourth-order valence-corrected chi connectivity index (χ4v) is 15.9. The van der Waals surface area contributed by atoms with Gasteiger partial charge in [0.15, 0.2) is 0 Å². The van der Waals surface area contributed by atoms with E-state index in [9.17, 15) is 0 Å². The normalized spacial score (nSPS) is 14.9. The summed E-state index contributed by atoms with van der Waals surface area (Å²) in [5.74, 6) is 0. The fourth-order valence-electron chi connectivity index (χ4n) is 8.25. The van der Waals surface area contributed by atoms with Gasteiger partial charge in [-0.2, -0.15) is 0 Å². The van der Waals surface area contributed by atoms with E-state index in [0.717, 1.165) is 25.7 Å². The van der Waals surface area contributed by atoms with Gasteiger partial charge in [0.25, 0.3) is 0 Å². The average molecular weight is 795 g/mol. The van der Waals surface area contributed by atoms with E-state index in [1.807, 2.05) is 0 Å². The zero-order chi connectivity index (χ0) is 37.2. The SMILES string of the molecule is CCCCCCN(c1ccccc1)c1ccc(/C=C/C2N(C)c3ccccc3N2CCCP(Br)(c2ccccc2)(c2ccccc2)c2ccccc2)cc1. The van der Waals surface area contributed by atoms with Gasteiger partial charge in [0.05, 0.1) is 0 Å². The van der Waals surface area contributed by atoms with Gasteiger partial charge in [-0.15, -0.1) is 0 Å². The van der Waals surface area contributed by atoms with E-state index < -0.39 is 5.31 Å². The molecule has 6 aromatic rings. The molecule has 0 aliphatic carbocycles. The number of fused-ring (bicyclic) bond motifs is 1. The first-order chi connectivity index (χ1) is 26.5. The molecule has 0 aromatic heterocycles. The van der Waals surface area contributed by atoms with Gasteiger partial charge in [0, 0.05) is 12.2 Å². The van der Waals surface area contributed by atoms with Gasteiger partial charge in [-0.1, -0.05) is 44.4 Å². The van der Waals surface area contributed by atoms with E-state index in [2.05, 4.69) is 226 Å². The third-order valence-electron chi connectivity index (χ3n) is 11.1. The summed E-state index contributed by atoms with van der Waals surface area (Å²) in [6.45, 7) is 4.23. The van der Waals surface area contributed by atoms with E-state index in [0.29, 0.717) is 0 Å². The Morgan fingerprint density at radius 1 is 0.574 bits per heavy atom. The third-order valence-corrected chi connectivity index (χ3v) is 21.1. The van der Waals surface area contributed by atoms with Gasteiger partial charge in [-0.25, -0.2) is 0 Å². The zero-order valence-corrected chi connectivity index (χ0v) is 34.2. The van der Waals surface area contributed by atoms with Crippen LogP contribution in [0, 0.1) is 0 Å². The number of hydrogen-bond donors (Lipinski definition) is 0. The van der Waals surface area contributed by atoms with Crippen molar-refractivity contribution < 1.29 is 0 Å². The molecule has 0 radical (unpaired) electrons. The summed E-state index contributed by atoms with van der Waals surface area (Å²) in [4.78, 5) is 7.49. The molecule has 1 atom stereocenters. The van der Waals surface area contributed by atoms with Crippen molar-refractivity contribution in [1.29, 1.82) is 0 Å². The summed E-state index contributed by atoms with van der Waals surface area (Å²) in [5, 5.41) is 1.08. The number of likely N-dealkylation sites (N-methyl/N-ethyl adjacent to an activating group) is 1. The standard InChI is InChI=1S/C49H53BrN3P/c1-3-4-5-20-38-52(42-22-10-6-11-23-42)43-35-32-41(33-36-43)34-37-49-51(2)47-30-18-19-31-48(47)53(49)39-21-40-54(50,44-24-12-7-13-25-44,45-26-14-8-15-27-45)46-28-16-9-17-29-46/h6-19,22-37,49H,3-5,20-21,38-40H2,1-2H3/b37-34+. The Hall–Kier alpha value is -4.63. The van der Waals surface area contributed by atoms with E-state index in [-0.39, 0.29) is 6.17 Å². The molecule has 276 valence electrons. The van der Waals surface area contributed by atoms with Crippen LogP contribution in [-0.2, 0) is 0 Å². The molecule has 1 heterocycles. The number of halogens is 1. The molecule has 54 heavy (non-hydrogen) atoms. The molecule has 5 heteroatoms. The summed E-state index contributed by atoms with van der Waals surface area (Å²) in [5.41, 5.74) is 6.27. The molecule has 1 unspecified atom stereocenters. The first-order valence-electron chi connectivity index (χ1n) is 19.6. The van der Waals surface area contributed by atoms with Crippen LogP contribution in [0.4, 0.5) is 22.7 Å². The molecule has 1 aliphatic rings. The molecule has 7 rings (SSSR count). The number of para-hydroxylation sites is 3. The molecular formula is C49H53BrN3P. The average Bonchev–Trinajstić information content (AvgIpc) is 3.51. The molecule has 0 saturated heterocycles. The second-order valence-electron chi connectivity index (χ2n) is 14.5. The molecule has 0 N–H and O–H groups in total. The van der Waals surface area contributed by atoms with Gasteiger partial charge >= 0.3 is 258 Å². The zero-order valence-electron chi connectivity index (χ0n) is 31.7. The van der Waals surface area contributed by atoms with Crippen LogP contribution in [0.15, 0.2) is 176 Å². The molecule has 0 bridgehead atoms. The molecule has 1 aliphatic heterocycles. The number of rotatable bonds is 16. The number of benzene rings is 6. The Kier molecular flexibility index (Phi) is 12.0. The molecule has 0 fully saturated rings. The number of anilines is 4. The van der Waals surface area contributed by atoms with Crippen LogP contribution in [0.1, 0.15) is 44.6 Å². The van der Waals surface area contributed by atoms with Crippen molar-refractivity contribution >= 4 is 65.5 Å². The second-order valence-corrected chi connectivity index (χ2v) is 23.5. The fraction of sp³-hybridized carbons (Fsp3) is 0.224. The minimum absolute atomic E-state index is 0.105. The van der Waals surface area contributed by atoms with Gasteiger partial charge in [-0.05, 0) is 18.6 Å². The van der Waals surface area contributed by atoms with E-state index in [1.54, 1.807) is 0 Å². The van der Waals surface area contributed by atoms with Crippen molar-refractivity contribution in [3.63, 3.8) is 0 Å². The van der Waals surface area contributed by atoms with Crippen molar-refractivity contribution in [3.8, 4) is 0 Å². The Morgan fingerprint density at radius 3 is 1.63 bits per heavy atom. The van der Waals surface area contributed by atoms with Crippen molar-refractivity contribution in [2.45, 2.75) is 45.2 Å². The van der Waals surface area contributed by atoms with Crippen molar-refractivity contribution in [3.05, 3.63) is 181 Å². The molecule has 0 amide bonds. The van der Waals surface area contributed by atoms with Crippen LogP contribution in [0.3, 0.4) is 0 Å². The van der Waals surface area contributed by atoms with Crippen molar-refractivity contribution in [1.82, 2.24) is 0 Å². The van der Waals surface area contributed by atoms with Gasteiger partial charge in [0.2, 0.25) is 0 Å². The minimum atomic E-state index is -3.02. The summed E-state index contributed by atoms with van der Waals surface area (Å²) < 4.78 is 0. The quantitative estimate of drug-likeness (QED) is 0.0714. The summed E-state index contributed by atoms with van der Waals surface area (Å²) >= 11 is 4.68. The summed E-state index contributed by atoms with van der Waals surface area (Å²) in [6.07, 6.45) is 11.8. The van der Waals surface area contributed by atoms with E-state index >= 15 is 0 Å². The van der Waals surface area contributed by atoms with Crippen LogP contribution in [0.2, 0.25) is 0 Å². The van der Waals surface area contributed by atoms with Crippen LogP contribution in [0.5, 0.6) is 0 Å².